The van der Waals surface area contributed by atoms with Crippen molar-refractivity contribution in [3.8, 4) is 0 Å². The quantitative estimate of drug-likeness (QED) is 0.784. The summed E-state index contributed by atoms with van der Waals surface area (Å²) in [5.41, 5.74) is 7.32. The highest BCUT2D eigenvalue weighted by Crippen LogP contribution is 2.36. The number of hydrogen-bond acceptors (Lipinski definition) is 1. The van der Waals surface area contributed by atoms with Crippen molar-refractivity contribution in [2.24, 2.45) is 5.73 Å². The van der Waals surface area contributed by atoms with Gasteiger partial charge in [0.25, 0.3) is 0 Å². The molecular weight excluding hydrogens is 177 g/mol. The molecule has 1 fully saturated rings. The molecule has 14 heavy (non-hydrogen) atoms. The molecule has 0 radical (unpaired) electrons. The van der Waals surface area contributed by atoms with Gasteiger partial charge in [-0.3, -0.25) is 0 Å². The average Bonchev–Trinajstić information content (AvgIpc) is 2.15. The summed E-state index contributed by atoms with van der Waals surface area (Å²) in [6.07, 6.45) is 2.90. The van der Waals surface area contributed by atoms with Gasteiger partial charge in [-0.2, -0.15) is 0 Å². The van der Waals surface area contributed by atoms with Crippen LogP contribution in [0, 0.1) is 0 Å². The molecule has 1 aliphatic carbocycles. The smallest absolute Gasteiger partial charge is 0.137 e. The van der Waals surface area contributed by atoms with Crippen LogP contribution in [0.5, 0.6) is 0 Å². The minimum atomic E-state index is -1.01. The monoisotopic (exact) mass is 193 g/mol. The van der Waals surface area contributed by atoms with E-state index in [9.17, 15) is 4.39 Å². The van der Waals surface area contributed by atoms with Crippen LogP contribution in [0.4, 0.5) is 4.39 Å². The lowest BCUT2D eigenvalue weighted by Crippen LogP contribution is -2.10. The van der Waals surface area contributed by atoms with Crippen molar-refractivity contribution >= 4 is 0 Å². The number of alkyl halides is 1. The molecule has 1 atom stereocenters. The second-order valence-electron chi connectivity index (χ2n) is 4.00. The SMILES string of the molecule is NCC(F)c1ccc(C2CCC2)cc1. The average molecular weight is 193 g/mol. The predicted octanol–water partition coefficient (Wildman–Crippen LogP) is 2.92. The molecule has 2 N–H and O–H groups in total. The van der Waals surface area contributed by atoms with E-state index in [1.165, 1.54) is 24.8 Å². The van der Waals surface area contributed by atoms with Crippen LogP contribution >= 0.6 is 0 Å². The zero-order valence-corrected chi connectivity index (χ0v) is 8.25. The highest BCUT2D eigenvalue weighted by Gasteiger charge is 2.19. The number of hydrogen-bond donors (Lipinski definition) is 1. The minimum Gasteiger partial charge on any atom is -0.327 e. The molecule has 0 bridgehead atoms. The normalized spacial score (nSPS) is 19.0. The van der Waals surface area contributed by atoms with Crippen molar-refractivity contribution in [1.82, 2.24) is 0 Å². The topological polar surface area (TPSA) is 26.0 Å². The minimum absolute atomic E-state index is 0.0722. The van der Waals surface area contributed by atoms with E-state index >= 15 is 0 Å². The standard InChI is InChI=1S/C12H16FN/c13-12(8-14)11-6-4-10(5-7-11)9-2-1-3-9/h4-7,9,12H,1-3,8,14H2. The lowest BCUT2D eigenvalue weighted by molar-refractivity contribution is 0.352. The van der Waals surface area contributed by atoms with E-state index in [-0.39, 0.29) is 6.54 Å². The van der Waals surface area contributed by atoms with Crippen molar-refractivity contribution in [3.63, 3.8) is 0 Å². The van der Waals surface area contributed by atoms with Crippen molar-refractivity contribution in [3.05, 3.63) is 35.4 Å². The fourth-order valence-corrected chi connectivity index (χ4v) is 1.85. The Morgan fingerprint density at radius 1 is 1.29 bits per heavy atom. The number of nitrogens with two attached hydrogens (primary N) is 1. The molecule has 1 aromatic rings. The maximum absolute atomic E-state index is 13.2. The Morgan fingerprint density at radius 3 is 2.36 bits per heavy atom. The number of rotatable bonds is 3. The Morgan fingerprint density at radius 2 is 1.93 bits per heavy atom. The first kappa shape index (κ1) is 9.66. The van der Waals surface area contributed by atoms with Crippen LogP contribution in [0.25, 0.3) is 0 Å². The van der Waals surface area contributed by atoms with E-state index in [0.29, 0.717) is 5.56 Å². The summed E-state index contributed by atoms with van der Waals surface area (Å²) in [6, 6.07) is 7.82. The fourth-order valence-electron chi connectivity index (χ4n) is 1.85. The third-order valence-corrected chi connectivity index (χ3v) is 3.08. The Bertz CT molecular complexity index is 266. The first-order valence-corrected chi connectivity index (χ1v) is 5.25. The summed E-state index contributed by atoms with van der Waals surface area (Å²) in [5.74, 6) is 0.722. The Balaban J connectivity index is 2.09. The van der Waals surface area contributed by atoms with E-state index in [1.807, 2.05) is 24.3 Å². The summed E-state index contributed by atoms with van der Waals surface area (Å²) in [5, 5.41) is 0. The van der Waals surface area contributed by atoms with Crippen LogP contribution in [0.2, 0.25) is 0 Å². The molecule has 76 valence electrons. The van der Waals surface area contributed by atoms with Gasteiger partial charge in [-0.25, -0.2) is 4.39 Å². The molecule has 0 aromatic heterocycles. The largest absolute Gasteiger partial charge is 0.327 e. The van der Waals surface area contributed by atoms with Gasteiger partial charge in [0, 0.05) is 6.54 Å². The zero-order valence-electron chi connectivity index (χ0n) is 8.25. The van der Waals surface area contributed by atoms with Crippen molar-refractivity contribution in [2.45, 2.75) is 31.4 Å². The summed E-state index contributed by atoms with van der Waals surface area (Å²) in [6.45, 7) is 0.0722. The Hall–Kier alpha value is -0.890. The molecule has 1 saturated carbocycles. The maximum Gasteiger partial charge on any atom is 0.137 e. The maximum atomic E-state index is 13.2. The highest BCUT2D eigenvalue weighted by molar-refractivity contribution is 5.27. The van der Waals surface area contributed by atoms with E-state index in [4.69, 9.17) is 5.73 Å². The molecule has 2 rings (SSSR count). The summed E-state index contributed by atoms with van der Waals surface area (Å²) in [7, 11) is 0. The highest BCUT2D eigenvalue weighted by atomic mass is 19.1. The number of benzene rings is 1. The van der Waals surface area contributed by atoms with Gasteiger partial charge in [0.2, 0.25) is 0 Å². The second-order valence-corrected chi connectivity index (χ2v) is 4.00. The lowest BCUT2D eigenvalue weighted by Gasteiger charge is -2.25. The molecule has 0 amide bonds. The van der Waals surface area contributed by atoms with Crippen LogP contribution in [0.15, 0.2) is 24.3 Å². The number of halogens is 1. The summed E-state index contributed by atoms with van der Waals surface area (Å²) >= 11 is 0. The first-order valence-electron chi connectivity index (χ1n) is 5.25. The van der Waals surface area contributed by atoms with Gasteiger partial charge < -0.3 is 5.73 Å². The van der Waals surface area contributed by atoms with E-state index in [1.54, 1.807) is 0 Å². The first-order chi connectivity index (χ1) is 6.81. The lowest BCUT2D eigenvalue weighted by atomic mass is 9.80. The predicted molar refractivity (Wildman–Crippen MR) is 55.9 cm³/mol. The van der Waals surface area contributed by atoms with Crippen LogP contribution in [0.3, 0.4) is 0 Å². The Kier molecular flexibility index (Phi) is 2.82. The van der Waals surface area contributed by atoms with E-state index in [2.05, 4.69) is 0 Å². The van der Waals surface area contributed by atoms with Gasteiger partial charge in [0.15, 0.2) is 0 Å². The summed E-state index contributed by atoms with van der Waals surface area (Å²) < 4.78 is 13.2. The molecule has 2 heteroatoms. The molecule has 0 spiro atoms. The molecular formula is C12H16FN. The van der Waals surface area contributed by atoms with Crippen LogP contribution < -0.4 is 5.73 Å². The third-order valence-electron chi connectivity index (χ3n) is 3.08. The Labute approximate surface area is 84.1 Å². The van der Waals surface area contributed by atoms with E-state index in [0.717, 1.165) is 5.92 Å². The second kappa shape index (κ2) is 4.09. The van der Waals surface area contributed by atoms with Crippen LogP contribution in [0.1, 0.15) is 42.5 Å². The van der Waals surface area contributed by atoms with Crippen molar-refractivity contribution in [2.75, 3.05) is 6.54 Å². The molecule has 1 aliphatic rings. The van der Waals surface area contributed by atoms with Gasteiger partial charge in [-0.1, -0.05) is 30.7 Å². The van der Waals surface area contributed by atoms with Crippen LogP contribution in [-0.2, 0) is 0 Å². The zero-order chi connectivity index (χ0) is 9.97. The molecule has 1 unspecified atom stereocenters. The molecule has 0 heterocycles. The molecule has 1 nitrogen and oxygen atoms in total. The fraction of sp³-hybridized carbons (Fsp3) is 0.500. The van der Waals surface area contributed by atoms with Gasteiger partial charge in [0.1, 0.15) is 6.17 Å². The van der Waals surface area contributed by atoms with Crippen molar-refractivity contribution < 1.29 is 4.39 Å². The van der Waals surface area contributed by atoms with Gasteiger partial charge in [0.05, 0.1) is 0 Å². The van der Waals surface area contributed by atoms with Crippen LogP contribution in [-0.4, -0.2) is 6.54 Å². The van der Waals surface area contributed by atoms with Gasteiger partial charge in [-0.15, -0.1) is 0 Å². The molecule has 0 aliphatic heterocycles. The molecule has 0 saturated heterocycles. The third kappa shape index (κ3) is 1.80. The summed E-state index contributed by atoms with van der Waals surface area (Å²) in [4.78, 5) is 0. The van der Waals surface area contributed by atoms with Crippen molar-refractivity contribution in [1.29, 1.82) is 0 Å². The van der Waals surface area contributed by atoms with Gasteiger partial charge >= 0.3 is 0 Å². The van der Waals surface area contributed by atoms with E-state index < -0.39 is 6.17 Å². The molecule has 1 aromatic carbocycles. The van der Waals surface area contributed by atoms with Gasteiger partial charge in [-0.05, 0) is 29.9 Å².